The van der Waals surface area contributed by atoms with Gasteiger partial charge in [-0.3, -0.25) is 4.79 Å². The maximum atomic E-state index is 13.9. The predicted molar refractivity (Wildman–Crippen MR) is 88.3 cm³/mol. The van der Waals surface area contributed by atoms with Gasteiger partial charge in [-0.25, -0.2) is 14.4 Å². The van der Waals surface area contributed by atoms with E-state index in [1.54, 1.807) is 35.5 Å². The van der Waals surface area contributed by atoms with Crippen LogP contribution in [0.4, 0.5) is 10.2 Å². The highest BCUT2D eigenvalue weighted by Crippen LogP contribution is 2.26. The molecule has 1 fully saturated rings. The molecule has 0 aliphatic carbocycles. The molecule has 0 bridgehead atoms. The van der Waals surface area contributed by atoms with Crippen molar-refractivity contribution in [2.24, 2.45) is 0 Å². The minimum absolute atomic E-state index is 0.0531. The minimum atomic E-state index is -0.893. The molecule has 7 heteroatoms. The van der Waals surface area contributed by atoms with Crippen molar-refractivity contribution in [1.29, 1.82) is 0 Å². The maximum absolute atomic E-state index is 13.9. The highest BCUT2D eigenvalue weighted by Gasteiger charge is 2.34. The Morgan fingerprint density at radius 3 is 3.09 bits per heavy atom. The number of carbonyl (C=O) groups excluding carboxylic acids is 1. The van der Waals surface area contributed by atoms with Crippen molar-refractivity contribution in [3.63, 3.8) is 0 Å². The molecule has 1 saturated heterocycles. The van der Waals surface area contributed by atoms with Crippen LogP contribution in [0, 0.1) is 0 Å². The molecule has 2 atom stereocenters. The molecule has 23 heavy (non-hydrogen) atoms. The third-order valence-corrected chi connectivity index (χ3v) is 4.92. The molecular weight excluding hydrogens is 315 g/mol. The SMILES string of the molecule is CN(C[C@@H]1C[C@H](F)CN1c1ccncn1)C(=O)Cc1cccs1. The van der Waals surface area contributed by atoms with E-state index in [1.807, 2.05) is 22.4 Å². The highest BCUT2D eigenvalue weighted by molar-refractivity contribution is 7.10. The summed E-state index contributed by atoms with van der Waals surface area (Å²) in [5.41, 5.74) is 0. The first-order valence-corrected chi connectivity index (χ1v) is 8.44. The molecule has 3 heterocycles. The topological polar surface area (TPSA) is 49.3 Å². The van der Waals surface area contributed by atoms with Gasteiger partial charge in [0.05, 0.1) is 19.0 Å². The fourth-order valence-electron chi connectivity index (χ4n) is 2.88. The van der Waals surface area contributed by atoms with Gasteiger partial charge in [-0.05, 0) is 17.5 Å². The molecular formula is C16H19FN4OS. The van der Waals surface area contributed by atoms with Crippen LogP contribution in [0.1, 0.15) is 11.3 Å². The summed E-state index contributed by atoms with van der Waals surface area (Å²) in [6.07, 6.45) is 3.03. The van der Waals surface area contributed by atoms with E-state index in [2.05, 4.69) is 9.97 Å². The first-order valence-electron chi connectivity index (χ1n) is 7.56. The Kier molecular flexibility index (Phi) is 4.85. The van der Waals surface area contributed by atoms with Crippen LogP contribution in [-0.4, -0.2) is 53.1 Å². The van der Waals surface area contributed by atoms with Crippen LogP contribution in [0.15, 0.2) is 36.1 Å². The van der Waals surface area contributed by atoms with Gasteiger partial charge in [0.1, 0.15) is 18.3 Å². The number of nitrogens with zero attached hydrogens (tertiary/aromatic N) is 4. The van der Waals surface area contributed by atoms with Gasteiger partial charge >= 0.3 is 0 Å². The van der Waals surface area contributed by atoms with Gasteiger partial charge in [-0.1, -0.05) is 6.07 Å². The first-order chi connectivity index (χ1) is 11.1. The molecule has 3 rings (SSSR count). The largest absolute Gasteiger partial charge is 0.349 e. The molecule has 0 unspecified atom stereocenters. The molecule has 122 valence electrons. The Morgan fingerprint density at radius 1 is 1.52 bits per heavy atom. The van der Waals surface area contributed by atoms with E-state index >= 15 is 0 Å². The third-order valence-electron chi connectivity index (χ3n) is 4.04. The summed E-state index contributed by atoms with van der Waals surface area (Å²) in [6.45, 7) is 0.809. The number of thiophene rings is 1. The highest BCUT2D eigenvalue weighted by atomic mass is 32.1. The van der Waals surface area contributed by atoms with Crippen molar-refractivity contribution < 1.29 is 9.18 Å². The Bertz CT molecular complexity index is 637. The van der Waals surface area contributed by atoms with E-state index in [-0.39, 0.29) is 11.9 Å². The van der Waals surface area contributed by atoms with E-state index in [1.165, 1.54) is 6.33 Å². The number of anilines is 1. The van der Waals surface area contributed by atoms with Gasteiger partial charge in [0.15, 0.2) is 0 Å². The summed E-state index contributed by atoms with van der Waals surface area (Å²) in [5, 5.41) is 1.96. The first kappa shape index (κ1) is 15.9. The molecule has 0 radical (unpaired) electrons. The molecule has 1 aliphatic rings. The minimum Gasteiger partial charge on any atom is -0.349 e. The quantitative estimate of drug-likeness (QED) is 0.841. The van der Waals surface area contributed by atoms with Crippen LogP contribution >= 0.6 is 11.3 Å². The molecule has 0 saturated carbocycles. The number of likely N-dealkylation sites (N-methyl/N-ethyl adjacent to an activating group) is 1. The number of amides is 1. The number of rotatable bonds is 5. The summed E-state index contributed by atoms with van der Waals surface area (Å²) in [5.74, 6) is 0.765. The lowest BCUT2D eigenvalue weighted by Gasteiger charge is -2.29. The Labute approximate surface area is 138 Å². The van der Waals surface area contributed by atoms with Crippen molar-refractivity contribution in [3.05, 3.63) is 41.0 Å². The van der Waals surface area contributed by atoms with Crippen molar-refractivity contribution in [2.45, 2.75) is 25.1 Å². The number of aromatic nitrogens is 2. The van der Waals surface area contributed by atoms with Crippen molar-refractivity contribution in [3.8, 4) is 0 Å². The lowest BCUT2D eigenvalue weighted by atomic mass is 10.2. The average Bonchev–Trinajstić information content (AvgIpc) is 3.18. The van der Waals surface area contributed by atoms with Crippen LogP contribution in [0.25, 0.3) is 0 Å². The summed E-state index contributed by atoms with van der Waals surface area (Å²) < 4.78 is 13.9. The molecule has 0 N–H and O–H groups in total. The fraction of sp³-hybridized carbons (Fsp3) is 0.438. The van der Waals surface area contributed by atoms with E-state index < -0.39 is 6.17 Å². The number of hydrogen-bond donors (Lipinski definition) is 0. The van der Waals surface area contributed by atoms with Gasteiger partial charge in [0, 0.05) is 31.1 Å². The molecule has 2 aromatic rings. The zero-order chi connectivity index (χ0) is 16.2. The second kappa shape index (κ2) is 7.04. The van der Waals surface area contributed by atoms with E-state index in [4.69, 9.17) is 0 Å². The molecule has 1 aliphatic heterocycles. The zero-order valence-electron chi connectivity index (χ0n) is 12.9. The standard InChI is InChI=1S/C16H19FN4OS/c1-20(16(22)8-14-3-2-6-23-14)10-13-7-12(17)9-21(13)15-4-5-18-11-19-15/h2-6,11-13H,7-10H2,1H3/t12-,13-/m0/s1. The maximum Gasteiger partial charge on any atom is 0.227 e. The predicted octanol–water partition coefficient (Wildman–Crippen LogP) is 2.16. The molecule has 5 nitrogen and oxygen atoms in total. The zero-order valence-corrected chi connectivity index (χ0v) is 13.7. The number of hydrogen-bond acceptors (Lipinski definition) is 5. The third kappa shape index (κ3) is 3.85. The lowest BCUT2D eigenvalue weighted by molar-refractivity contribution is -0.129. The Morgan fingerprint density at radius 2 is 2.39 bits per heavy atom. The van der Waals surface area contributed by atoms with Gasteiger partial charge in [0.25, 0.3) is 0 Å². The Hall–Kier alpha value is -2.02. The van der Waals surface area contributed by atoms with Gasteiger partial charge < -0.3 is 9.80 Å². The second-order valence-corrected chi connectivity index (χ2v) is 6.77. The summed E-state index contributed by atoms with van der Waals surface area (Å²) in [6, 6.07) is 5.61. The second-order valence-electron chi connectivity index (χ2n) is 5.74. The summed E-state index contributed by atoms with van der Waals surface area (Å²) >= 11 is 1.57. The van der Waals surface area contributed by atoms with E-state index in [0.717, 1.165) is 4.88 Å². The van der Waals surface area contributed by atoms with Crippen LogP contribution in [0.2, 0.25) is 0 Å². The molecule has 1 amide bonds. The number of alkyl halides is 1. The van der Waals surface area contributed by atoms with Crippen molar-refractivity contribution in [1.82, 2.24) is 14.9 Å². The van der Waals surface area contributed by atoms with Gasteiger partial charge in [-0.2, -0.15) is 0 Å². The smallest absolute Gasteiger partial charge is 0.227 e. The van der Waals surface area contributed by atoms with Crippen LogP contribution in [0.3, 0.4) is 0 Å². The molecule has 2 aromatic heterocycles. The van der Waals surface area contributed by atoms with Gasteiger partial charge in [0.2, 0.25) is 5.91 Å². The van der Waals surface area contributed by atoms with Crippen LogP contribution in [-0.2, 0) is 11.2 Å². The van der Waals surface area contributed by atoms with Gasteiger partial charge in [-0.15, -0.1) is 11.3 Å². The summed E-state index contributed by atoms with van der Waals surface area (Å²) in [4.78, 5) is 25.1. The van der Waals surface area contributed by atoms with E-state index in [0.29, 0.717) is 31.7 Å². The number of carbonyl (C=O) groups is 1. The summed E-state index contributed by atoms with van der Waals surface area (Å²) in [7, 11) is 1.78. The van der Waals surface area contributed by atoms with Crippen molar-refractivity contribution in [2.75, 3.05) is 25.0 Å². The normalized spacial score (nSPS) is 20.7. The molecule has 0 aromatic carbocycles. The number of halogens is 1. The van der Waals surface area contributed by atoms with E-state index in [9.17, 15) is 9.18 Å². The monoisotopic (exact) mass is 334 g/mol. The average molecular weight is 334 g/mol. The van der Waals surface area contributed by atoms with Crippen LogP contribution < -0.4 is 4.90 Å². The lowest BCUT2D eigenvalue weighted by Crippen LogP contribution is -2.42. The van der Waals surface area contributed by atoms with Crippen molar-refractivity contribution >= 4 is 23.1 Å². The molecule has 0 spiro atoms. The van der Waals surface area contributed by atoms with Crippen LogP contribution in [0.5, 0.6) is 0 Å². The fourth-order valence-corrected chi connectivity index (χ4v) is 3.58. The Balaban J connectivity index is 1.64.